The van der Waals surface area contributed by atoms with Crippen LogP contribution in [0.1, 0.15) is 0 Å². The molecule has 1 fully saturated rings. The lowest BCUT2D eigenvalue weighted by atomic mass is 10.2. The Hall–Kier alpha value is -1.42. The smallest absolute Gasteiger partial charge is 0.185 e. The van der Waals surface area contributed by atoms with Crippen LogP contribution in [0, 0.1) is 0 Å². The van der Waals surface area contributed by atoms with Crippen molar-refractivity contribution in [3.63, 3.8) is 0 Å². The fraction of sp³-hybridized carbons (Fsp3) is 0.250. The lowest BCUT2D eigenvalue weighted by Gasteiger charge is -2.37. The third-order valence-electron chi connectivity index (χ3n) is 3.46. The van der Waals surface area contributed by atoms with E-state index in [0.717, 1.165) is 25.3 Å². The lowest BCUT2D eigenvalue weighted by molar-refractivity contribution is 0.177. The van der Waals surface area contributed by atoms with E-state index in [1.165, 1.54) is 0 Å². The first kappa shape index (κ1) is 14.5. The van der Waals surface area contributed by atoms with E-state index in [1.807, 2.05) is 30.3 Å². The largest absolute Gasteiger partial charge is 0.468 e. The second-order valence-electron chi connectivity index (χ2n) is 4.86. The summed E-state index contributed by atoms with van der Waals surface area (Å²) in [5, 5.41) is 4.31. The van der Waals surface area contributed by atoms with E-state index in [2.05, 4.69) is 22.3 Å². The molecule has 2 aromatic carbocycles. The van der Waals surface area contributed by atoms with Crippen molar-refractivity contribution < 1.29 is 4.74 Å². The molecule has 1 aliphatic rings. The number of para-hydroxylation sites is 1. The highest BCUT2D eigenvalue weighted by Crippen LogP contribution is 2.33. The minimum atomic E-state index is -0.114. The first-order valence-corrected chi connectivity index (χ1v) is 7.64. The molecule has 0 aliphatic carbocycles. The minimum Gasteiger partial charge on any atom is -0.468 e. The molecule has 0 amide bonds. The zero-order valence-corrected chi connectivity index (χ0v) is 12.9. The number of nitrogens with zero attached hydrogens (tertiary/aromatic N) is 1. The van der Waals surface area contributed by atoms with E-state index in [0.29, 0.717) is 15.8 Å². The van der Waals surface area contributed by atoms with Gasteiger partial charge in [-0.05, 0) is 24.3 Å². The van der Waals surface area contributed by atoms with E-state index in [1.54, 1.807) is 6.07 Å². The van der Waals surface area contributed by atoms with E-state index in [-0.39, 0.29) is 6.23 Å². The number of hydrogen-bond donors (Lipinski definition) is 1. The Labute approximate surface area is 134 Å². The van der Waals surface area contributed by atoms with Gasteiger partial charge in [-0.1, -0.05) is 47.5 Å². The van der Waals surface area contributed by atoms with E-state index < -0.39 is 0 Å². The molecule has 0 saturated carbocycles. The number of ether oxygens (including phenoxy) is 1. The Kier molecular flexibility index (Phi) is 4.54. The summed E-state index contributed by atoms with van der Waals surface area (Å²) in [4.78, 5) is 2.23. The molecule has 0 unspecified atom stereocenters. The highest BCUT2D eigenvalue weighted by Gasteiger charge is 2.24. The Balaban J connectivity index is 1.83. The molecule has 3 rings (SSSR count). The molecule has 21 heavy (non-hydrogen) atoms. The predicted octanol–water partition coefficient (Wildman–Crippen LogP) is 3.81. The topological polar surface area (TPSA) is 24.5 Å². The summed E-state index contributed by atoms with van der Waals surface area (Å²) in [7, 11) is 0. The molecule has 0 radical (unpaired) electrons. The predicted molar refractivity (Wildman–Crippen MR) is 87.5 cm³/mol. The van der Waals surface area contributed by atoms with Crippen molar-refractivity contribution in [1.82, 2.24) is 5.32 Å². The SMILES string of the molecule is Clc1cccc(O[C@@H]2CNCCN2c2ccccc2)c1Cl. The van der Waals surface area contributed by atoms with Crippen molar-refractivity contribution in [2.24, 2.45) is 0 Å². The summed E-state index contributed by atoms with van der Waals surface area (Å²) in [6, 6.07) is 15.7. The van der Waals surface area contributed by atoms with Gasteiger partial charge in [-0.3, -0.25) is 0 Å². The third kappa shape index (κ3) is 3.26. The van der Waals surface area contributed by atoms with Crippen molar-refractivity contribution in [1.29, 1.82) is 0 Å². The van der Waals surface area contributed by atoms with Crippen LogP contribution in [0.15, 0.2) is 48.5 Å². The Morgan fingerprint density at radius 3 is 2.67 bits per heavy atom. The number of halogens is 2. The molecule has 1 saturated heterocycles. The standard InChI is InChI=1S/C16H16Cl2N2O/c17-13-7-4-8-14(16(13)18)21-15-11-19-9-10-20(15)12-5-2-1-3-6-12/h1-8,15,19H,9-11H2/t15-/m1/s1. The van der Waals surface area contributed by atoms with Crippen molar-refractivity contribution >= 4 is 28.9 Å². The van der Waals surface area contributed by atoms with Crippen molar-refractivity contribution in [2.45, 2.75) is 6.23 Å². The molecule has 5 heteroatoms. The monoisotopic (exact) mass is 322 g/mol. The number of piperazine rings is 1. The zero-order chi connectivity index (χ0) is 14.7. The van der Waals surface area contributed by atoms with E-state index in [9.17, 15) is 0 Å². The molecule has 1 heterocycles. The summed E-state index contributed by atoms with van der Waals surface area (Å²) in [6.07, 6.45) is -0.114. The fourth-order valence-electron chi connectivity index (χ4n) is 2.42. The zero-order valence-electron chi connectivity index (χ0n) is 11.4. The molecular weight excluding hydrogens is 307 g/mol. The van der Waals surface area contributed by atoms with E-state index >= 15 is 0 Å². The molecule has 3 nitrogen and oxygen atoms in total. The van der Waals surface area contributed by atoms with Gasteiger partial charge >= 0.3 is 0 Å². The molecule has 1 aliphatic heterocycles. The van der Waals surface area contributed by atoms with Crippen LogP contribution in [0.4, 0.5) is 5.69 Å². The van der Waals surface area contributed by atoms with Crippen LogP contribution in [0.5, 0.6) is 5.75 Å². The van der Waals surface area contributed by atoms with Crippen molar-refractivity contribution in [2.75, 3.05) is 24.5 Å². The number of anilines is 1. The molecule has 1 atom stereocenters. The fourth-order valence-corrected chi connectivity index (χ4v) is 2.76. The first-order valence-electron chi connectivity index (χ1n) is 6.89. The molecule has 0 bridgehead atoms. The van der Waals surface area contributed by atoms with Gasteiger partial charge in [-0.15, -0.1) is 0 Å². The second kappa shape index (κ2) is 6.56. The van der Waals surface area contributed by atoms with Crippen LogP contribution < -0.4 is 15.0 Å². The van der Waals surface area contributed by atoms with Crippen molar-refractivity contribution in [3.05, 3.63) is 58.6 Å². The Morgan fingerprint density at radius 1 is 1.05 bits per heavy atom. The quantitative estimate of drug-likeness (QED) is 0.930. The van der Waals surface area contributed by atoms with Gasteiger partial charge in [0.25, 0.3) is 0 Å². The summed E-state index contributed by atoms with van der Waals surface area (Å²) in [5.41, 5.74) is 1.14. The van der Waals surface area contributed by atoms with Crippen LogP contribution in [-0.2, 0) is 0 Å². The molecule has 0 aromatic heterocycles. The van der Waals surface area contributed by atoms with Gasteiger partial charge in [-0.2, -0.15) is 0 Å². The van der Waals surface area contributed by atoms with Gasteiger partial charge in [0.2, 0.25) is 0 Å². The van der Waals surface area contributed by atoms with Crippen LogP contribution in [0.3, 0.4) is 0 Å². The summed E-state index contributed by atoms with van der Waals surface area (Å²) >= 11 is 12.3. The molecule has 0 spiro atoms. The van der Waals surface area contributed by atoms with Gasteiger partial charge in [0.1, 0.15) is 10.8 Å². The Morgan fingerprint density at radius 2 is 1.86 bits per heavy atom. The van der Waals surface area contributed by atoms with Crippen LogP contribution in [-0.4, -0.2) is 25.9 Å². The summed E-state index contributed by atoms with van der Waals surface area (Å²) < 4.78 is 6.08. The minimum absolute atomic E-state index is 0.114. The molecular formula is C16H16Cl2N2O. The lowest BCUT2D eigenvalue weighted by Crippen LogP contribution is -2.54. The normalized spacial score (nSPS) is 18.6. The molecule has 2 aromatic rings. The van der Waals surface area contributed by atoms with Gasteiger partial charge in [0, 0.05) is 18.8 Å². The number of nitrogens with one attached hydrogen (secondary N) is 1. The summed E-state index contributed by atoms with van der Waals surface area (Å²) in [5.74, 6) is 0.610. The maximum atomic E-state index is 6.21. The number of hydrogen-bond acceptors (Lipinski definition) is 3. The molecule has 1 N–H and O–H groups in total. The van der Waals surface area contributed by atoms with Gasteiger partial charge in [-0.25, -0.2) is 0 Å². The van der Waals surface area contributed by atoms with Gasteiger partial charge in [0.15, 0.2) is 6.23 Å². The molecule has 110 valence electrons. The number of benzene rings is 2. The van der Waals surface area contributed by atoms with Crippen LogP contribution in [0.25, 0.3) is 0 Å². The van der Waals surface area contributed by atoms with E-state index in [4.69, 9.17) is 27.9 Å². The highest BCUT2D eigenvalue weighted by molar-refractivity contribution is 6.42. The number of rotatable bonds is 3. The summed E-state index contributed by atoms with van der Waals surface area (Å²) in [6.45, 7) is 2.54. The second-order valence-corrected chi connectivity index (χ2v) is 5.64. The van der Waals surface area contributed by atoms with Crippen molar-refractivity contribution in [3.8, 4) is 5.75 Å². The van der Waals surface area contributed by atoms with Gasteiger partial charge in [0.05, 0.1) is 11.6 Å². The van der Waals surface area contributed by atoms with Crippen LogP contribution in [0.2, 0.25) is 10.0 Å². The Bertz CT molecular complexity index is 606. The highest BCUT2D eigenvalue weighted by atomic mass is 35.5. The maximum Gasteiger partial charge on any atom is 0.185 e. The third-order valence-corrected chi connectivity index (χ3v) is 4.26. The maximum absolute atomic E-state index is 6.21. The van der Waals surface area contributed by atoms with Gasteiger partial charge < -0.3 is 15.0 Å². The first-order chi connectivity index (χ1) is 10.3. The average Bonchev–Trinajstić information content (AvgIpc) is 2.53. The van der Waals surface area contributed by atoms with Crippen LogP contribution >= 0.6 is 23.2 Å². The average molecular weight is 323 g/mol.